The Balaban J connectivity index is 1.65. The van der Waals surface area contributed by atoms with E-state index in [4.69, 9.17) is 0 Å². The molecule has 0 radical (unpaired) electrons. The molecule has 0 spiro atoms. The van der Waals surface area contributed by atoms with Gasteiger partial charge in [0.1, 0.15) is 5.82 Å². The number of hydrogen-bond donors (Lipinski definition) is 2. The second-order valence-corrected chi connectivity index (χ2v) is 4.90. The molecular weight excluding hydrogens is 319 g/mol. The van der Waals surface area contributed by atoms with Crippen LogP contribution in [0.2, 0.25) is 0 Å². The van der Waals surface area contributed by atoms with Gasteiger partial charge in [-0.3, -0.25) is 9.48 Å². The monoisotopic (exact) mass is 330 g/mol. The van der Waals surface area contributed by atoms with Gasteiger partial charge in [-0.05, 0) is 22.6 Å². The van der Waals surface area contributed by atoms with Gasteiger partial charge in [-0.25, -0.2) is 4.39 Å². The van der Waals surface area contributed by atoms with Crippen molar-refractivity contribution in [1.29, 1.82) is 0 Å². The third-order valence-electron chi connectivity index (χ3n) is 3.14. The highest BCUT2D eigenvalue weighted by atomic mass is 19.1. The number of hydrogen-bond acceptors (Lipinski definition) is 5. The molecule has 0 atom stereocenters. The van der Waals surface area contributed by atoms with Crippen LogP contribution in [-0.4, -0.2) is 30.8 Å². The number of halogens is 1. The summed E-state index contributed by atoms with van der Waals surface area (Å²) in [6.45, 7) is 0.407. The lowest BCUT2D eigenvalue weighted by molar-refractivity contribution is -0.389. The Morgan fingerprint density at radius 2 is 2.12 bits per heavy atom. The third kappa shape index (κ3) is 3.43. The fourth-order valence-electron chi connectivity index (χ4n) is 2.01. The van der Waals surface area contributed by atoms with Crippen LogP contribution in [0.1, 0.15) is 16.1 Å². The molecule has 0 saturated carbocycles. The molecule has 2 N–H and O–H groups in total. The number of H-pyrrole nitrogens is 1. The molecule has 9 nitrogen and oxygen atoms in total. The second-order valence-electron chi connectivity index (χ2n) is 4.90. The van der Waals surface area contributed by atoms with E-state index in [0.717, 1.165) is 11.6 Å². The summed E-state index contributed by atoms with van der Waals surface area (Å²) in [5.41, 5.74) is 1.15. The summed E-state index contributed by atoms with van der Waals surface area (Å²) < 4.78 is 14.4. The van der Waals surface area contributed by atoms with E-state index in [1.54, 1.807) is 23.0 Å². The van der Waals surface area contributed by atoms with Gasteiger partial charge in [-0.2, -0.15) is 5.10 Å². The first-order chi connectivity index (χ1) is 11.5. The lowest BCUT2D eigenvalue weighted by Gasteiger charge is -2.01. The summed E-state index contributed by atoms with van der Waals surface area (Å²) in [5.74, 6) is -1.28. The quantitative estimate of drug-likeness (QED) is 0.547. The van der Waals surface area contributed by atoms with Crippen molar-refractivity contribution >= 4 is 17.4 Å². The molecule has 3 aromatic rings. The largest absolute Gasteiger partial charge is 0.358 e. The maximum Gasteiger partial charge on any atom is 0.343 e. The number of nitrogens with zero attached hydrogens (tertiary/aromatic N) is 4. The number of nitrogens with one attached hydrogen (secondary N) is 2. The van der Waals surface area contributed by atoms with Crippen molar-refractivity contribution in [1.82, 2.24) is 20.0 Å². The smallest absolute Gasteiger partial charge is 0.343 e. The first-order valence-electron chi connectivity index (χ1n) is 6.79. The van der Waals surface area contributed by atoms with Crippen LogP contribution in [0.5, 0.6) is 0 Å². The molecule has 0 fully saturated rings. The third-order valence-corrected chi connectivity index (χ3v) is 3.14. The fourth-order valence-corrected chi connectivity index (χ4v) is 2.01. The number of aromatic nitrogens is 4. The lowest BCUT2D eigenvalue weighted by Crippen LogP contribution is -2.11. The number of benzene rings is 1. The van der Waals surface area contributed by atoms with Gasteiger partial charge in [0.05, 0.1) is 24.5 Å². The highest BCUT2D eigenvalue weighted by Gasteiger charge is 2.17. The van der Waals surface area contributed by atoms with Crippen LogP contribution in [0.3, 0.4) is 0 Å². The number of anilines is 1. The Morgan fingerprint density at radius 1 is 1.38 bits per heavy atom. The predicted octanol–water partition coefficient (Wildman–Crippen LogP) is 1.95. The van der Waals surface area contributed by atoms with Crippen LogP contribution in [-0.2, 0) is 6.54 Å². The van der Waals surface area contributed by atoms with E-state index in [1.807, 2.05) is 0 Å². The van der Waals surface area contributed by atoms with Crippen LogP contribution in [0.4, 0.5) is 15.9 Å². The highest BCUT2D eigenvalue weighted by molar-refractivity contribution is 6.02. The summed E-state index contributed by atoms with van der Waals surface area (Å²) in [7, 11) is 0. The van der Waals surface area contributed by atoms with Crippen molar-refractivity contribution in [3.05, 3.63) is 69.9 Å². The first kappa shape index (κ1) is 15.3. The van der Waals surface area contributed by atoms with E-state index in [9.17, 15) is 19.3 Å². The minimum absolute atomic E-state index is 0.104. The topological polar surface area (TPSA) is 119 Å². The molecule has 10 heteroatoms. The van der Waals surface area contributed by atoms with Crippen LogP contribution in [0, 0.1) is 15.9 Å². The molecule has 1 amide bonds. The van der Waals surface area contributed by atoms with Gasteiger partial charge in [-0.15, -0.1) is 5.10 Å². The predicted molar refractivity (Wildman–Crippen MR) is 80.9 cm³/mol. The Bertz CT molecular complexity index is 886. The zero-order valence-corrected chi connectivity index (χ0v) is 12.1. The van der Waals surface area contributed by atoms with Gasteiger partial charge in [-0.1, -0.05) is 17.2 Å². The van der Waals surface area contributed by atoms with Crippen molar-refractivity contribution < 1.29 is 14.1 Å². The van der Waals surface area contributed by atoms with Gasteiger partial charge >= 0.3 is 5.82 Å². The summed E-state index contributed by atoms with van der Waals surface area (Å²) in [5, 5.41) is 22.9. The summed E-state index contributed by atoms with van der Waals surface area (Å²) in [6, 6.07) is 7.02. The molecule has 3 rings (SSSR count). The Kier molecular flexibility index (Phi) is 4.01. The maximum atomic E-state index is 12.9. The van der Waals surface area contributed by atoms with Crippen molar-refractivity contribution in [2.24, 2.45) is 0 Å². The molecule has 2 heterocycles. The van der Waals surface area contributed by atoms with Crippen LogP contribution in [0.25, 0.3) is 0 Å². The molecule has 2 aromatic heterocycles. The summed E-state index contributed by atoms with van der Waals surface area (Å²) in [4.78, 5) is 21.8. The van der Waals surface area contributed by atoms with Gasteiger partial charge in [0.25, 0.3) is 5.91 Å². The lowest BCUT2D eigenvalue weighted by atomic mass is 10.2. The molecule has 0 aliphatic rings. The van der Waals surface area contributed by atoms with Gasteiger partial charge in [0.15, 0.2) is 5.69 Å². The molecule has 0 unspecified atom stereocenters. The normalized spacial score (nSPS) is 10.5. The zero-order valence-electron chi connectivity index (χ0n) is 12.1. The maximum absolute atomic E-state index is 12.9. The Hall–Kier alpha value is -3.56. The average Bonchev–Trinajstić information content (AvgIpc) is 3.19. The average molecular weight is 330 g/mol. The summed E-state index contributed by atoms with van der Waals surface area (Å²) >= 11 is 0. The number of amides is 1. The van der Waals surface area contributed by atoms with E-state index < -0.39 is 10.8 Å². The number of carbonyl (C=O) groups is 1. The number of carbonyl (C=O) groups excluding carboxylic acids is 1. The molecule has 24 heavy (non-hydrogen) atoms. The highest BCUT2D eigenvalue weighted by Crippen LogP contribution is 2.12. The first-order valence-corrected chi connectivity index (χ1v) is 6.79. The minimum atomic E-state index is -0.676. The van der Waals surface area contributed by atoms with Gasteiger partial charge in [0.2, 0.25) is 0 Å². The molecule has 122 valence electrons. The van der Waals surface area contributed by atoms with Crippen LogP contribution >= 0.6 is 0 Å². The van der Waals surface area contributed by atoms with E-state index in [-0.39, 0.29) is 17.3 Å². The summed E-state index contributed by atoms with van der Waals surface area (Å²) in [6.07, 6.45) is 3.02. The Morgan fingerprint density at radius 3 is 2.79 bits per heavy atom. The molecule has 0 bridgehead atoms. The molecule has 0 saturated heterocycles. The molecule has 0 aliphatic carbocycles. The van der Waals surface area contributed by atoms with Crippen molar-refractivity contribution in [3.8, 4) is 0 Å². The fraction of sp³-hybridized carbons (Fsp3) is 0.0714. The van der Waals surface area contributed by atoms with Gasteiger partial charge < -0.3 is 15.4 Å². The van der Waals surface area contributed by atoms with Crippen molar-refractivity contribution in [2.45, 2.75) is 6.54 Å². The number of aromatic amines is 1. The SMILES string of the molecule is O=C(Nc1cnn(Cc2ccc(F)cc2)c1)c1cc([N+](=O)[O-])[nH]n1. The van der Waals surface area contributed by atoms with Crippen molar-refractivity contribution in [2.75, 3.05) is 5.32 Å². The van der Waals surface area contributed by atoms with Crippen LogP contribution < -0.4 is 5.32 Å². The van der Waals surface area contributed by atoms with E-state index >= 15 is 0 Å². The Labute approximate surface area is 134 Å². The van der Waals surface area contributed by atoms with Crippen LogP contribution in [0.15, 0.2) is 42.7 Å². The second kappa shape index (κ2) is 6.28. The standard InChI is InChI=1S/C14H11FN6O3/c15-10-3-1-9(2-4-10)7-20-8-11(6-16-20)17-14(22)12-5-13(19-18-12)21(23)24/h1-6,8H,7H2,(H,17,22)(H,18,19). The van der Waals surface area contributed by atoms with Crippen molar-refractivity contribution in [3.63, 3.8) is 0 Å². The van der Waals surface area contributed by atoms with E-state index in [2.05, 4.69) is 20.6 Å². The zero-order chi connectivity index (χ0) is 17.1. The molecule has 0 aliphatic heterocycles. The van der Waals surface area contributed by atoms with Gasteiger partial charge in [0, 0.05) is 6.20 Å². The minimum Gasteiger partial charge on any atom is -0.358 e. The van der Waals surface area contributed by atoms with E-state index in [1.165, 1.54) is 18.3 Å². The number of rotatable bonds is 5. The molecule has 1 aromatic carbocycles. The number of nitro groups is 1. The van der Waals surface area contributed by atoms with E-state index in [0.29, 0.717) is 12.2 Å². The molecular formula is C14H11FN6O3.